The lowest BCUT2D eigenvalue weighted by Crippen LogP contribution is -2.35. The minimum absolute atomic E-state index is 0.238. The lowest BCUT2D eigenvalue weighted by atomic mass is 9.85. The number of rotatable bonds is 10. The number of imidazole rings is 4. The van der Waals surface area contributed by atoms with Crippen molar-refractivity contribution in [2.45, 2.75) is 103 Å². The predicted molar refractivity (Wildman–Crippen MR) is 379 cm³/mol. The van der Waals surface area contributed by atoms with E-state index in [1.807, 2.05) is 59.1 Å². The van der Waals surface area contributed by atoms with Crippen molar-refractivity contribution in [2.24, 2.45) is 60.2 Å². The lowest BCUT2D eigenvalue weighted by Gasteiger charge is -2.20. The summed E-state index contributed by atoms with van der Waals surface area (Å²) in [7, 11) is 14.5. The second-order valence-corrected chi connectivity index (χ2v) is 27.3. The van der Waals surface area contributed by atoms with Gasteiger partial charge in [0.15, 0.2) is 0 Å². The van der Waals surface area contributed by atoms with Crippen molar-refractivity contribution in [3.63, 3.8) is 0 Å². The highest BCUT2D eigenvalue weighted by Gasteiger charge is 2.26. The second kappa shape index (κ2) is 28.3. The maximum absolute atomic E-state index is 4.64. The molecule has 92 heavy (non-hydrogen) atoms. The largest absolute Gasteiger partial charge is 0.334 e. The zero-order valence-corrected chi connectivity index (χ0v) is 58.3. The van der Waals surface area contributed by atoms with Crippen molar-refractivity contribution in [1.29, 1.82) is 0 Å². The molecule has 11 nitrogen and oxygen atoms in total. The first-order chi connectivity index (χ1) is 43.7. The van der Waals surface area contributed by atoms with Crippen molar-refractivity contribution < 1.29 is 13.7 Å². The topological polar surface area (TPSA) is 82.9 Å². The van der Waals surface area contributed by atoms with Gasteiger partial charge in [0.05, 0.1) is 5.69 Å². The van der Waals surface area contributed by atoms with E-state index in [1.54, 1.807) is 0 Å². The summed E-state index contributed by atoms with van der Waals surface area (Å²) < 4.78 is 15.0. The maximum atomic E-state index is 4.64. The van der Waals surface area contributed by atoms with Gasteiger partial charge in [0.2, 0.25) is 51.6 Å². The van der Waals surface area contributed by atoms with Crippen LogP contribution in [0.4, 0.5) is 0 Å². The van der Waals surface area contributed by atoms with Crippen molar-refractivity contribution >= 4 is 0 Å². The Hall–Kier alpha value is -9.61. The van der Waals surface area contributed by atoms with Crippen LogP contribution in [0.15, 0.2) is 195 Å². The minimum Gasteiger partial charge on any atom is -0.334 e. The molecule has 0 N–H and O–H groups in total. The van der Waals surface area contributed by atoms with E-state index in [9.17, 15) is 0 Å². The van der Waals surface area contributed by atoms with Gasteiger partial charge in [-0.15, -0.1) is 0 Å². The summed E-state index contributed by atoms with van der Waals surface area (Å²) in [5.74, 6) is 3.99. The quantitative estimate of drug-likeness (QED) is 0.128. The SMILES string of the molecule is Cc1ccc(CC(C)(C)C)cc1-c1cccc(-c2nccn2C)c1C.Cc1ccccc1-c1cc(CC(C)(C)C)cc(-c2nccn2C)[n+]1C.Cc1ccccc1-c1cccc(-c2ncc(C)n2C)[n+]1C.Cc1cn(C)c(-c2cccc(-c3ccccc3C)[n+]2C)n1. The zero-order valence-electron chi connectivity index (χ0n) is 58.3. The first-order valence-corrected chi connectivity index (χ1v) is 32.0. The molecule has 472 valence electrons. The molecule has 0 bridgehead atoms. The molecule has 0 amide bonds. The fraction of sp³-hybridized carbons (Fsp3) is 0.296. The van der Waals surface area contributed by atoms with Gasteiger partial charge in [0, 0.05) is 130 Å². The molecular weight excluding hydrogens is 1130 g/mol. The first-order valence-electron chi connectivity index (χ1n) is 32.0. The highest BCUT2D eigenvalue weighted by molar-refractivity contribution is 5.78. The van der Waals surface area contributed by atoms with Crippen LogP contribution in [0.2, 0.25) is 0 Å². The van der Waals surface area contributed by atoms with Crippen LogP contribution in [0.25, 0.3) is 90.8 Å². The van der Waals surface area contributed by atoms with Gasteiger partial charge in [-0.3, -0.25) is 0 Å². The third-order valence-electron chi connectivity index (χ3n) is 17.3. The molecule has 0 saturated heterocycles. The fourth-order valence-corrected chi connectivity index (χ4v) is 12.3. The third kappa shape index (κ3) is 15.4. The third-order valence-corrected chi connectivity index (χ3v) is 17.3. The van der Waals surface area contributed by atoms with Gasteiger partial charge in [-0.05, 0) is 153 Å². The Morgan fingerprint density at radius 1 is 0.370 bits per heavy atom. The van der Waals surface area contributed by atoms with Gasteiger partial charge < -0.3 is 18.3 Å². The molecule has 5 aromatic carbocycles. The predicted octanol–water partition coefficient (Wildman–Crippen LogP) is 16.8. The van der Waals surface area contributed by atoms with Crippen LogP contribution in [-0.4, -0.2) is 38.2 Å². The van der Waals surface area contributed by atoms with Gasteiger partial charge in [-0.25, -0.2) is 19.9 Å². The molecule has 0 saturated carbocycles. The molecule has 0 aliphatic rings. The van der Waals surface area contributed by atoms with Crippen molar-refractivity contribution in [2.75, 3.05) is 0 Å². The summed E-state index contributed by atoms with van der Waals surface area (Å²) in [6.07, 6.45) is 13.8. The van der Waals surface area contributed by atoms with Gasteiger partial charge in [-0.2, -0.15) is 13.7 Å². The van der Waals surface area contributed by atoms with E-state index in [2.05, 4.69) is 327 Å². The molecule has 7 aromatic heterocycles. The molecule has 12 aromatic rings. The molecule has 0 unspecified atom stereocenters. The van der Waals surface area contributed by atoms with Gasteiger partial charge in [0.25, 0.3) is 0 Å². The van der Waals surface area contributed by atoms with E-state index in [0.29, 0.717) is 0 Å². The summed E-state index contributed by atoms with van der Waals surface area (Å²) in [5.41, 5.74) is 26.5. The molecule has 12 rings (SSSR count). The molecule has 0 aliphatic heterocycles. The van der Waals surface area contributed by atoms with Gasteiger partial charge in [-0.1, -0.05) is 133 Å². The van der Waals surface area contributed by atoms with E-state index in [-0.39, 0.29) is 10.8 Å². The number of pyridine rings is 3. The summed E-state index contributed by atoms with van der Waals surface area (Å²) in [6.45, 7) is 28.7. The lowest BCUT2D eigenvalue weighted by molar-refractivity contribution is -0.649. The normalized spacial score (nSPS) is 11.3. The van der Waals surface area contributed by atoms with Crippen molar-refractivity contribution in [3.8, 4) is 90.8 Å². The summed E-state index contributed by atoms with van der Waals surface area (Å²) >= 11 is 0. The van der Waals surface area contributed by atoms with E-state index < -0.39 is 0 Å². The van der Waals surface area contributed by atoms with Crippen LogP contribution >= 0.6 is 0 Å². The number of benzene rings is 5. The van der Waals surface area contributed by atoms with Crippen LogP contribution in [0.1, 0.15) is 91.9 Å². The Balaban J connectivity index is 0.000000145. The van der Waals surface area contributed by atoms with Crippen LogP contribution < -0.4 is 13.7 Å². The average molecular weight is 1220 g/mol. The van der Waals surface area contributed by atoms with E-state index in [1.165, 1.54) is 89.4 Å². The Labute approximate surface area is 548 Å². The number of aromatic nitrogens is 11. The van der Waals surface area contributed by atoms with Crippen LogP contribution in [-0.2, 0) is 62.2 Å². The Morgan fingerprint density at radius 2 is 0.804 bits per heavy atom. The molecule has 0 fully saturated rings. The first kappa shape index (κ1) is 66.8. The van der Waals surface area contributed by atoms with Crippen LogP contribution in [0, 0.1) is 59.3 Å². The van der Waals surface area contributed by atoms with Crippen molar-refractivity contribution in [3.05, 3.63) is 245 Å². The average Bonchev–Trinajstić information content (AvgIpc) is 1.26. The number of aryl methyl sites for hydroxylation is 9. The molecule has 11 heteroatoms. The molecular formula is C81H96N11+3. The smallest absolute Gasteiger partial charge is 0.249 e. The van der Waals surface area contributed by atoms with E-state index >= 15 is 0 Å². The molecule has 7 heterocycles. The second-order valence-electron chi connectivity index (χ2n) is 27.3. The minimum atomic E-state index is 0.238. The van der Waals surface area contributed by atoms with E-state index in [0.717, 1.165) is 64.6 Å². The number of nitrogens with zero attached hydrogens (tertiary/aromatic N) is 11. The maximum Gasteiger partial charge on any atom is 0.249 e. The molecule has 0 aliphatic carbocycles. The van der Waals surface area contributed by atoms with Crippen LogP contribution in [0.5, 0.6) is 0 Å². The van der Waals surface area contributed by atoms with Crippen molar-refractivity contribution in [1.82, 2.24) is 38.2 Å². The van der Waals surface area contributed by atoms with Crippen LogP contribution in [0.3, 0.4) is 0 Å². The van der Waals surface area contributed by atoms with Gasteiger partial charge in [0.1, 0.15) is 27.0 Å². The van der Waals surface area contributed by atoms with Gasteiger partial charge >= 0.3 is 0 Å². The highest BCUT2D eigenvalue weighted by Crippen LogP contribution is 2.35. The zero-order chi connectivity index (χ0) is 66.3. The number of hydrogen-bond donors (Lipinski definition) is 0. The Bertz CT molecular complexity index is 4450. The Kier molecular flexibility index (Phi) is 20.5. The standard InChI is InChI=1S/C23H28N2.C22H28N3.2C18H20N3/c1-16-10-11-18(15-23(3,4)5)14-21(16)19-8-7-9-20(17(19)2)22-24-12-13-25(22)6;1-16-9-7-8-10-18(16)19-13-17(15-22(2,3)4)14-20(25(19)6)21-23-11-12-24(21)5;1-13-8-5-6-9-15(13)16-10-7-11-17(21(16)4)18-19-14(2)12-20(18)3;1-13-8-5-6-9-15(13)16-10-7-11-17(21(16)4)18-19-12-14(2)20(18)3/h2*7-14H,15H2,1-6H3;2*5-12H,1-4H3/q;3*+1. The highest BCUT2D eigenvalue weighted by atomic mass is 15.1. The molecule has 0 atom stereocenters. The Morgan fingerprint density at radius 3 is 1.28 bits per heavy atom. The number of hydrogen-bond acceptors (Lipinski definition) is 4. The summed E-state index contributed by atoms with van der Waals surface area (Å²) in [6, 6.07) is 56.3. The molecule has 0 spiro atoms. The monoisotopic (exact) mass is 1220 g/mol. The summed E-state index contributed by atoms with van der Waals surface area (Å²) in [4.78, 5) is 18.3. The van der Waals surface area contributed by atoms with E-state index in [4.69, 9.17) is 0 Å². The fourth-order valence-electron chi connectivity index (χ4n) is 12.3. The molecule has 0 radical (unpaired) electrons. The summed E-state index contributed by atoms with van der Waals surface area (Å²) in [5, 5.41) is 0.